The predicted molar refractivity (Wildman–Crippen MR) is 124 cm³/mol. The molecule has 1 heterocycles. The van der Waals surface area contributed by atoms with Crippen LogP contribution in [-0.2, 0) is 14.3 Å². The van der Waals surface area contributed by atoms with Crippen molar-refractivity contribution in [3.05, 3.63) is 59.7 Å². The smallest absolute Gasteiger partial charge is 0.407 e. The van der Waals surface area contributed by atoms with Gasteiger partial charge in [-0.25, -0.2) is 4.79 Å². The highest BCUT2D eigenvalue weighted by atomic mass is 19.3. The standard InChI is InChI=1S/C26H28F2N2O5/c27-26(28,24(33)30-13-5-6-17(14-30)11-12-23(31)32)16-29-25(34)35-15-22-20-9-3-1-7-18(20)19-8-2-4-10-21(19)22/h1-4,7-10,17,22H,5-6,11-16H2,(H,29,34)(H,31,32). The molecule has 0 bridgehead atoms. The molecule has 1 aliphatic carbocycles. The lowest BCUT2D eigenvalue weighted by atomic mass is 9.93. The van der Waals surface area contributed by atoms with Crippen molar-refractivity contribution in [2.75, 3.05) is 26.2 Å². The second-order valence-electron chi connectivity index (χ2n) is 9.08. The predicted octanol–water partition coefficient (Wildman–Crippen LogP) is 4.26. The van der Waals surface area contributed by atoms with Crippen molar-refractivity contribution in [2.45, 2.75) is 37.5 Å². The number of halogens is 2. The molecule has 0 aromatic heterocycles. The highest BCUT2D eigenvalue weighted by Crippen LogP contribution is 2.44. The normalized spacial score (nSPS) is 17.4. The molecule has 9 heteroatoms. The summed E-state index contributed by atoms with van der Waals surface area (Å²) < 4.78 is 34.4. The summed E-state index contributed by atoms with van der Waals surface area (Å²) in [5.74, 6) is -6.44. The summed E-state index contributed by atoms with van der Waals surface area (Å²) in [7, 11) is 0. The number of piperidine rings is 1. The number of alkyl halides is 2. The minimum atomic E-state index is -3.79. The molecule has 186 valence electrons. The van der Waals surface area contributed by atoms with E-state index in [4.69, 9.17) is 9.84 Å². The quantitative estimate of drug-likeness (QED) is 0.581. The molecule has 4 rings (SSSR count). The van der Waals surface area contributed by atoms with Crippen LogP contribution in [-0.4, -0.2) is 60.1 Å². The maximum Gasteiger partial charge on any atom is 0.407 e. The molecular formula is C26H28F2N2O5. The number of likely N-dealkylation sites (tertiary alicyclic amines) is 1. The number of carbonyl (C=O) groups excluding carboxylic acids is 2. The number of aliphatic carboxylic acids is 1. The van der Waals surface area contributed by atoms with Crippen molar-refractivity contribution in [3.63, 3.8) is 0 Å². The Morgan fingerprint density at radius 3 is 2.31 bits per heavy atom. The number of carboxylic acid groups (broad SMARTS) is 1. The molecule has 1 unspecified atom stereocenters. The zero-order valence-electron chi connectivity index (χ0n) is 19.2. The van der Waals surface area contributed by atoms with E-state index in [1.54, 1.807) is 0 Å². The van der Waals surface area contributed by atoms with Gasteiger partial charge in [0.05, 0.1) is 6.54 Å². The number of rotatable bonds is 8. The Bertz CT molecular complexity index is 1060. The summed E-state index contributed by atoms with van der Waals surface area (Å²) in [6, 6.07) is 15.6. The number of hydrogen-bond acceptors (Lipinski definition) is 4. The summed E-state index contributed by atoms with van der Waals surface area (Å²) in [5, 5.41) is 10.9. The maximum absolute atomic E-state index is 14.6. The first-order valence-electron chi connectivity index (χ1n) is 11.7. The van der Waals surface area contributed by atoms with E-state index in [2.05, 4.69) is 0 Å². The highest BCUT2D eigenvalue weighted by Gasteiger charge is 2.43. The van der Waals surface area contributed by atoms with E-state index in [1.807, 2.05) is 53.8 Å². The van der Waals surface area contributed by atoms with Crippen LogP contribution >= 0.6 is 0 Å². The summed E-state index contributed by atoms with van der Waals surface area (Å²) >= 11 is 0. The minimum Gasteiger partial charge on any atom is -0.481 e. The summed E-state index contributed by atoms with van der Waals surface area (Å²) in [6.07, 6.45) is 0.485. The van der Waals surface area contributed by atoms with E-state index in [0.29, 0.717) is 19.3 Å². The molecule has 2 aromatic rings. The van der Waals surface area contributed by atoms with Crippen molar-refractivity contribution in [2.24, 2.45) is 5.92 Å². The van der Waals surface area contributed by atoms with E-state index < -0.39 is 30.4 Å². The van der Waals surface area contributed by atoms with Gasteiger partial charge in [0, 0.05) is 25.4 Å². The van der Waals surface area contributed by atoms with Gasteiger partial charge in [-0.2, -0.15) is 8.78 Å². The average molecular weight is 487 g/mol. The van der Waals surface area contributed by atoms with Crippen LogP contribution < -0.4 is 5.32 Å². The highest BCUT2D eigenvalue weighted by molar-refractivity contribution is 5.84. The Balaban J connectivity index is 1.30. The molecular weight excluding hydrogens is 458 g/mol. The number of carboxylic acids is 1. The van der Waals surface area contributed by atoms with Gasteiger partial charge in [0.2, 0.25) is 0 Å². The van der Waals surface area contributed by atoms with Crippen LogP contribution in [0.5, 0.6) is 0 Å². The third-order valence-electron chi connectivity index (χ3n) is 6.68. The van der Waals surface area contributed by atoms with Crippen molar-refractivity contribution in [1.29, 1.82) is 0 Å². The van der Waals surface area contributed by atoms with Crippen molar-refractivity contribution < 1.29 is 33.0 Å². The summed E-state index contributed by atoms with van der Waals surface area (Å²) in [4.78, 5) is 36.5. The molecule has 0 radical (unpaired) electrons. The van der Waals surface area contributed by atoms with E-state index in [9.17, 15) is 23.2 Å². The van der Waals surface area contributed by atoms with Crippen LogP contribution in [0.15, 0.2) is 48.5 Å². The monoisotopic (exact) mass is 486 g/mol. The molecule has 1 aliphatic heterocycles. The molecule has 2 aliphatic rings. The molecule has 0 spiro atoms. The van der Waals surface area contributed by atoms with Gasteiger partial charge in [-0.15, -0.1) is 0 Å². The number of carbonyl (C=O) groups is 3. The van der Waals surface area contributed by atoms with E-state index in [0.717, 1.165) is 27.2 Å². The Labute approximate surface area is 202 Å². The number of nitrogens with one attached hydrogen (secondary N) is 1. The van der Waals surface area contributed by atoms with Gasteiger partial charge in [0.15, 0.2) is 0 Å². The number of benzene rings is 2. The number of alkyl carbamates (subject to hydrolysis) is 1. The van der Waals surface area contributed by atoms with E-state index >= 15 is 0 Å². The maximum atomic E-state index is 14.6. The number of amides is 2. The topological polar surface area (TPSA) is 95.9 Å². The van der Waals surface area contributed by atoms with Gasteiger partial charge in [0.1, 0.15) is 6.61 Å². The molecule has 2 amide bonds. The van der Waals surface area contributed by atoms with Gasteiger partial charge in [-0.1, -0.05) is 48.5 Å². The van der Waals surface area contributed by atoms with Gasteiger partial charge in [0.25, 0.3) is 5.91 Å². The van der Waals surface area contributed by atoms with Crippen LogP contribution in [0, 0.1) is 5.92 Å². The van der Waals surface area contributed by atoms with Gasteiger partial charge >= 0.3 is 18.0 Å². The number of fused-ring (bicyclic) bond motifs is 3. The van der Waals surface area contributed by atoms with Gasteiger partial charge in [-0.3, -0.25) is 9.59 Å². The lowest BCUT2D eigenvalue weighted by Gasteiger charge is -2.34. The number of hydrogen-bond donors (Lipinski definition) is 2. The van der Waals surface area contributed by atoms with E-state index in [-0.39, 0.29) is 38.0 Å². The number of ether oxygens (including phenoxy) is 1. The molecule has 1 saturated heterocycles. The van der Waals surface area contributed by atoms with Crippen LogP contribution in [0.25, 0.3) is 11.1 Å². The van der Waals surface area contributed by atoms with Crippen LogP contribution in [0.1, 0.15) is 42.7 Å². The Hall–Kier alpha value is -3.49. The van der Waals surface area contributed by atoms with Crippen LogP contribution in [0.4, 0.5) is 13.6 Å². The van der Waals surface area contributed by atoms with Crippen LogP contribution in [0.3, 0.4) is 0 Å². The fourth-order valence-corrected chi connectivity index (χ4v) is 4.95. The lowest BCUT2D eigenvalue weighted by molar-refractivity contribution is -0.158. The average Bonchev–Trinajstić information content (AvgIpc) is 3.18. The Kier molecular flexibility index (Phi) is 7.33. The molecule has 2 N–H and O–H groups in total. The minimum absolute atomic E-state index is 0.0171. The lowest BCUT2D eigenvalue weighted by Crippen LogP contribution is -2.52. The van der Waals surface area contributed by atoms with Crippen molar-refractivity contribution in [1.82, 2.24) is 10.2 Å². The fraction of sp³-hybridized carbons (Fsp3) is 0.423. The first-order chi connectivity index (χ1) is 16.8. The summed E-state index contributed by atoms with van der Waals surface area (Å²) in [5.41, 5.74) is 4.11. The van der Waals surface area contributed by atoms with E-state index in [1.165, 1.54) is 0 Å². The van der Waals surface area contributed by atoms with Crippen LogP contribution in [0.2, 0.25) is 0 Å². The molecule has 0 saturated carbocycles. The largest absolute Gasteiger partial charge is 0.481 e. The zero-order chi connectivity index (χ0) is 25.0. The third-order valence-corrected chi connectivity index (χ3v) is 6.68. The molecule has 1 fully saturated rings. The molecule has 1 atom stereocenters. The number of nitrogens with zero attached hydrogens (tertiary/aromatic N) is 1. The van der Waals surface area contributed by atoms with Crippen molar-refractivity contribution >= 4 is 18.0 Å². The van der Waals surface area contributed by atoms with Gasteiger partial charge < -0.3 is 20.1 Å². The molecule has 2 aromatic carbocycles. The van der Waals surface area contributed by atoms with Crippen molar-refractivity contribution in [3.8, 4) is 11.1 Å². The third kappa shape index (κ3) is 5.61. The second kappa shape index (κ2) is 10.4. The SMILES string of the molecule is O=C(O)CCC1CCCN(C(=O)C(F)(F)CNC(=O)OCC2c3ccccc3-c3ccccc32)C1. The molecule has 7 nitrogen and oxygen atoms in total. The molecule has 35 heavy (non-hydrogen) atoms. The Morgan fingerprint density at radius 1 is 1.06 bits per heavy atom. The second-order valence-corrected chi connectivity index (χ2v) is 9.08. The summed E-state index contributed by atoms with van der Waals surface area (Å²) in [6.45, 7) is -0.912. The first kappa shape index (κ1) is 24.6. The first-order valence-corrected chi connectivity index (χ1v) is 11.7. The van der Waals surface area contributed by atoms with Gasteiger partial charge in [-0.05, 0) is 47.4 Å². The zero-order valence-corrected chi connectivity index (χ0v) is 19.2. The fourth-order valence-electron chi connectivity index (χ4n) is 4.95. The Morgan fingerprint density at radius 2 is 1.69 bits per heavy atom.